The molecule has 0 bridgehead atoms. The van der Waals surface area contributed by atoms with Crippen molar-refractivity contribution in [2.75, 3.05) is 0 Å². The Morgan fingerprint density at radius 1 is 1.17 bits per heavy atom. The number of halogens is 1. The summed E-state index contributed by atoms with van der Waals surface area (Å²) in [4.78, 5) is 25.6. The first-order valence-corrected chi connectivity index (χ1v) is 10.8. The Labute approximate surface area is 182 Å². The number of hydrogen-bond acceptors (Lipinski definition) is 4. The minimum atomic E-state index is -0.765. The van der Waals surface area contributed by atoms with Crippen LogP contribution >= 0.6 is 15.9 Å². The standard InChI is InChI=1S/C23H22BrN3O3/c1-13(2)9-18(22(29)27-23(12-25)7-8-23)26-21(28)14-3-5-16-17-6-4-15(24)11-20(17)30-19(16)10-14/h3-6,10-11,13,18H,7-9H2,1-2H3,(H,26,28)(H,27,29)/t18-/m0/s1. The topological polar surface area (TPSA) is 95.1 Å². The first-order chi connectivity index (χ1) is 14.3. The van der Waals surface area contributed by atoms with Gasteiger partial charge in [-0.2, -0.15) is 5.26 Å². The lowest BCUT2D eigenvalue weighted by molar-refractivity contribution is -0.123. The summed E-state index contributed by atoms with van der Waals surface area (Å²) in [6.45, 7) is 3.98. The summed E-state index contributed by atoms with van der Waals surface area (Å²) >= 11 is 3.44. The predicted octanol–water partition coefficient (Wildman–Crippen LogP) is 4.67. The van der Waals surface area contributed by atoms with E-state index in [9.17, 15) is 14.9 Å². The van der Waals surface area contributed by atoms with Crippen LogP contribution in [0.25, 0.3) is 21.9 Å². The first kappa shape index (κ1) is 20.4. The minimum Gasteiger partial charge on any atom is -0.456 e. The summed E-state index contributed by atoms with van der Waals surface area (Å²) in [6.07, 6.45) is 1.78. The summed E-state index contributed by atoms with van der Waals surface area (Å²) < 4.78 is 6.82. The number of carbonyl (C=O) groups is 2. The number of hydrogen-bond donors (Lipinski definition) is 2. The molecule has 3 aromatic rings. The van der Waals surface area contributed by atoms with Crippen molar-refractivity contribution in [1.29, 1.82) is 5.26 Å². The van der Waals surface area contributed by atoms with Crippen molar-refractivity contribution in [1.82, 2.24) is 10.6 Å². The highest BCUT2D eigenvalue weighted by Gasteiger charge is 2.45. The van der Waals surface area contributed by atoms with Gasteiger partial charge in [-0.05, 0) is 61.6 Å². The molecule has 1 heterocycles. The maximum Gasteiger partial charge on any atom is 0.252 e. The van der Waals surface area contributed by atoms with Crippen molar-refractivity contribution < 1.29 is 14.0 Å². The maximum atomic E-state index is 12.9. The molecular formula is C23H22BrN3O3. The Hall–Kier alpha value is -2.85. The lowest BCUT2D eigenvalue weighted by Crippen LogP contribution is -2.50. The number of rotatable bonds is 6. The van der Waals surface area contributed by atoms with Crippen LogP contribution in [0.5, 0.6) is 0 Å². The van der Waals surface area contributed by atoms with Gasteiger partial charge in [-0.15, -0.1) is 0 Å². The second-order valence-electron chi connectivity index (χ2n) is 8.29. The van der Waals surface area contributed by atoms with E-state index in [0.717, 1.165) is 20.8 Å². The van der Waals surface area contributed by atoms with Crippen LogP contribution in [0, 0.1) is 17.2 Å². The SMILES string of the molecule is CC(C)C[C@H](NC(=O)c1ccc2c(c1)oc1cc(Br)ccc12)C(=O)NC1(C#N)CC1. The average Bonchev–Trinajstić information content (AvgIpc) is 3.38. The number of nitrogens with zero attached hydrogens (tertiary/aromatic N) is 1. The van der Waals surface area contributed by atoms with Gasteiger partial charge in [0.15, 0.2) is 0 Å². The Kier molecular flexibility index (Phi) is 5.29. The Morgan fingerprint density at radius 2 is 1.83 bits per heavy atom. The Balaban J connectivity index is 1.57. The number of nitriles is 1. The normalized spacial score (nSPS) is 15.7. The molecular weight excluding hydrogens is 446 g/mol. The third kappa shape index (κ3) is 4.05. The van der Waals surface area contributed by atoms with Gasteiger partial charge in [-0.3, -0.25) is 9.59 Å². The van der Waals surface area contributed by atoms with E-state index in [1.165, 1.54) is 0 Å². The number of furan rings is 1. The molecule has 4 rings (SSSR count). The van der Waals surface area contributed by atoms with Crippen molar-refractivity contribution in [3.63, 3.8) is 0 Å². The van der Waals surface area contributed by atoms with Gasteiger partial charge in [-0.1, -0.05) is 29.8 Å². The second kappa shape index (κ2) is 7.77. The summed E-state index contributed by atoms with van der Waals surface area (Å²) in [5.41, 5.74) is 1.00. The molecule has 2 amide bonds. The van der Waals surface area contributed by atoms with E-state index in [4.69, 9.17) is 4.42 Å². The highest BCUT2D eigenvalue weighted by Crippen LogP contribution is 2.34. The zero-order valence-electron chi connectivity index (χ0n) is 16.8. The molecule has 1 aromatic heterocycles. The van der Waals surface area contributed by atoms with Crippen LogP contribution in [0.4, 0.5) is 0 Å². The molecule has 1 aliphatic rings. The highest BCUT2D eigenvalue weighted by molar-refractivity contribution is 9.10. The Bertz CT molecular complexity index is 1190. The number of nitrogens with one attached hydrogen (secondary N) is 2. The first-order valence-electron chi connectivity index (χ1n) is 9.96. The van der Waals surface area contributed by atoms with E-state index in [1.807, 2.05) is 38.1 Å². The van der Waals surface area contributed by atoms with E-state index in [0.29, 0.717) is 30.4 Å². The fourth-order valence-electron chi connectivity index (χ4n) is 3.55. The monoisotopic (exact) mass is 467 g/mol. The molecule has 1 saturated carbocycles. The van der Waals surface area contributed by atoms with E-state index in [2.05, 4.69) is 32.6 Å². The predicted molar refractivity (Wildman–Crippen MR) is 118 cm³/mol. The maximum absolute atomic E-state index is 12.9. The van der Waals surface area contributed by atoms with Crippen LogP contribution < -0.4 is 10.6 Å². The van der Waals surface area contributed by atoms with Crippen molar-refractivity contribution in [3.8, 4) is 6.07 Å². The zero-order chi connectivity index (χ0) is 21.5. The lowest BCUT2D eigenvalue weighted by atomic mass is 10.0. The molecule has 30 heavy (non-hydrogen) atoms. The summed E-state index contributed by atoms with van der Waals surface area (Å²) in [5, 5.41) is 16.8. The Morgan fingerprint density at radius 3 is 2.47 bits per heavy atom. The molecule has 0 spiro atoms. The van der Waals surface area contributed by atoms with Gasteiger partial charge in [0.1, 0.15) is 22.7 Å². The van der Waals surface area contributed by atoms with Crippen LogP contribution in [0.3, 0.4) is 0 Å². The fourth-order valence-corrected chi connectivity index (χ4v) is 3.89. The van der Waals surface area contributed by atoms with Gasteiger partial charge >= 0.3 is 0 Å². The molecule has 1 fully saturated rings. The quantitative estimate of drug-likeness (QED) is 0.550. The van der Waals surface area contributed by atoms with Crippen molar-refractivity contribution in [2.24, 2.45) is 5.92 Å². The van der Waals surface area contributed by atoms with Crippen molar-refractivity contribution >= 4 is 49.7 Å². The zero-order valence-corrected chi connectivity index (χ0v) is 18.4. The minimum absolute atomic E-state index is 0.203. The van der Waals surface area contributed by atoms with Gasteiger partial charge in [0, 0.05) is 20.8 Å². The van der Waals surface area contributed by atoms with Gasteiger partial charge in [0.05, 0.1) is 6.07 Å². The van der Waals surface area contributed by atoms with Gasteiger partial charge < -0.3 is 15.1 Å². The van der Waals surface area contributed by atoms with Gasteiger partial charge in [0.25, 0.3) is 5.91 Å². The molecule has 0 aliphatic heterocycles. The van der Waals surface area contributed by atoms with E-state index in [-0.39, 0.29) is 17.7 Å². The van der Waals surface area contributed by atoms with E-state index < -0.39 is 11.6 Å². The van der Waals surface area contributed by atoms with Gasteiger partial charge in [0.2, 0.25) is 5.91 Å². The molecule has 0 radical (unpaired) electrons. The number of carbonyl (C=O) groups excluding carboxylic acids is 2. The smallest absolute Gasteiger partial charge is 0.252 e. The lowest BCUT2D eigenvalue weighted by Gasteiger charge is -2.21. The third-order valence-electron chi connectivity index (χ3n) is 5.35. The third-order valence-corrected chi connectivity index (χ3v) is 5.85. The van der Waals surface area contributed by atoms with E-state index in [1.54, 1.807) is 12.1 Å². The van der Waals surface area contributed by atoms with Crippen LogP contribution in [-0.2, 0) is 4.79 Å². The van der Waals surface area contributed by atoms with Crippen LogP contribution in [0.1, 0.15) is 43.5 Å². The number of benzene rings is 2. The summed E-state index contributed by atoms with van der Waals surface area (Å²) in [6, 6.07) is 12.5. The summed E-state index contributed by atoms with van der Waals surface area (Å²) in [5.74, 6) is -0.457. The molecule has 2 N–H and O–H groups in total. The van der Waals surface area contributed by atoms with Crippen molar-refractivity contribution in [2.45, 2.75) is 44.7 Å². The molecule has 0 unspecified atom stereocenters. The van der Waals surface area contributed by atoms with Crippen LogP contribution in [0.15, 0.2) is 45.3 Å². The molecule has 0 saturated heterocycles. The van der Waals surface area contributed by atoms with Crippen molar-refractivity contribution in [3.05, 3.63) is 46.4 Å². The molecule has 2 aromatic carbocycles. The molecule has 6 nitrogen and oxygen atoms in total. The number of fused-ring (bicyclic) bond motifs is 3. The molecule has 1 aliphatic carbocycles. The fraction of sp³-hybridized carbons (Fsp3) is 0.348. The molecule has 1 atom stereocenters. The van der Waals surface area contributed by atoms with Gasteiger partial charge in [-0.25, -0.2) is 0 Å². The molecule has 7 heteroatoms. The molecule has 154 valence electrons. The highest BCUT2D eigenvalue weighted by atomic mass is 79.9. The van der Waals surface area contributed by atoms with E-state index >= 15 is 0 Å². The van der Waals surface area contributed by atoms with Crippen LogP contribution in [0.2, 0.25) is 0 Å². The number of amides is 2. The van der Waals surface area contributed by atoms with Crippen LogP contribution in [-0.4, -0.2) is 23.4 Å². The second-order valence-corrected chi connectivity index (χ2v) is 9.21. The summed E-state index contributed by atoms with van der Waals surface area (Å²) in [7, 11) is 0. The largest absolute Gasteiger partial charge is 0.456 e. The average molecular weight is 468 g/mol.